The van der Waals surface area contributed by atoms with E-state index in [-0.39, 0.29) is 6.61 Å². The van der Waals surface area contributed by atoms with Gasteiger partial charge < -0.3 is 15.3 Å². The maximum atomic E-state index is 12.9. The summed E-state index contributed by atoms with van der Waals surface area (Å²) in [5.74, 6) is 0. The number of rotatable bonds is 2. The molecule has 2 aliphatic heterocycles. The lowest BCUT2D eigenvalue weighted by Crippen LogP contribution is -2.42. The minimum Gasteiger partial charge on any atom is -0.394 e. The van der Waals surface area contributed by atoms with Crippen LogP contribution in [0.3, 0.4) is 0 Å². The fraction of sp³-hybridized carbons (Fsp3) is 0.333. The van der Waals surface area contributed by atoms with Gasteiger partial charge in [-0.15, -0.1) is 0 Å². The molecular formula is C15H14ClF3N2O. The Hall–Kier alpha value is -1.66. The first kappa shape index (κ1) is 15.2. The van der Waals surface area contributed by atoms with E-state index in [0.717, 1.165) is 5.69 Å². The molecule has 1 aromatic carbocycles. The van der Waals surface area contributed by atoms with Gasteiger partial charge >= 0.3 is 6.18 Å². The smallest absolute Gasteiger partial charge is 0.394 e. The van der Waals surface area contributed by atoms with Crippen LogP contribution in [0.25, 0.3) is 10.6 Å². The van der Waals surface area contributed by atoms with Crippen molar-refractivity contribution in [3.63, 3.8) is 0 Å². The Morgan fingerprint density at radius 3 is 2.68 bits per heavy atom. The summed E-state index contributed by atoms with van der Waals surface area (Å²) in [7, 11) is 0. The number of aliphatic hydroxyl groups is 1. The molecule has 0 amide bonds. The zero-order chi connectivity index (χ0) is 16.1. The van der Waals surface area contributed by atoms with Crippen molar-refractivity contribution in [2.75, 3.05) is 23.4 Å². The first-order chi connectivity index (χ1) is 10.3. The average molecular weight is 331 g/mol. The van der Waals surface area contributed by atoms with Crippen LogP contribution in [0.2, 0.25) is 0 Å². The van der Waals surface area contributed by atoms with Crippen LogP contribution in [0, 0.1) is 0 Å². The molecule has 0 aromatic heterocycles. The molecule has 2 aliphatic rings. The predicted octanol–water partition coefficient (Wildman–Crippen LogP) is 1.89. The maximum Gasteiger partial charge on any atom is 0.405 e. The van der Waals surface area contributed by atoms with Gasteiger partial charge in [-0.1, -0.05) is 11.6 Å². The molecule has 0 fully saturated rings. The number of nitrogens with one attached hydrogen (secondary N) is 1. The van der Waals surface area contributed by atoms with Crippen LogP contribution < -0.4 is 20.7 Å². The fourth-order valence-corrected chi connectivity index (χ4v) is 3.34. The van der Waals surface area contributed by atoms with Crippen LogP contribution in [0.1, 0.15) is 6.92 Å². The molecule has 118 valence electrons. The van der Waals surface area contributed by atoms with Gasteiger partial charge in [-0.3, -0.25) is 0 Å². The monoisotopic (exact) mass is 330 g/mol. The van der Waals surface area contributed by atoms with Gasteiger partial charge in [-0.05, 0) is 30.7 Å². The molecule has 0 radical (unpaired) electrons. The molecule has 1 unspecified atom stereocenters. The first-order valence-corrected chi connectivity index (χ1v) is 7.12. The van der Waals surface area contributed by atoms with E-state index in [1.54, 1.807) is 31.3 Å². The van der Waals surface area contributed by atoms with Crippen molar-refractivity contribution in [1.82, 2.24) is 0 Å². The zero-order valence-corrected chi connectivity index (χ0v) is 12.5. The number of nitrogens with zero attached hydrogens (tertiary/aromatic N) is 1. The van der Waals surface area contributed by atoms with E-state index in [9.17, 15) is 18.3 Å². The van der Waals surface area contributed by atoms with E-state index in [1.807, 2.05) is 0 Å². The Kier molecular flexibility index (Phi) is 3.61. The molecule has 1 aromatic rings. The molecule has 2 heterocycles. The van der Waals surface area contributed by atoms with E-state index < -0.39 is 18.8 Å². The largest absolute Gasteiger partial charge is 0.405 e. The second kappa shape index (κ2) is 5.21. The number of alkyl halides is 3. The minimum atomic E-state index is -4.35. The number of aliphatic hydroxyl groups excluding tert-OH is 1. The van der Waals surface area contributed by atoms with Gasteiger partial charge in [0.2, 0.25) is 0 Å². The lowest BCUT2D eigenvalue weighted by atomic mass is 10.1. The summed E-state index contributed by atoms with van der Waals surface area (Å²) >= 11 is 6.24. The highest BCUT2D eigenvalue weighted by atomic mass is 35.5. The summed E-state index contributed by atoms with van der Waals surface area (Å²) in [5.41, 5.74) is 1.88. The standard InChI is InChI=1S/C15H14ClF3N2O/c1-8-12(6-22)21(7-15(17,18)19)11-3-2-10-14(13(8)11)9(16)4-5-20-10/h2-5,12,20,22H,6-7H2,1H3. The van der Waals surface area contributed by atoms with Gasteiger partial charge in [0.25, 0.3) is 0 Å². The second-order valence-electron chi connectivity index (χ2n) is 5.33. The van der Waals surface area contributed by atoms with Crippen molar-refractivity contribution in [2.45, 2.75) is 19.1 Å². The van der Waals surface area contributed by atoms with Crippen LogP contribution in [0.15, 0.2) is 24.4 Å². The molecular weight excluding hydrogens is 317 g/mol. The van der Waals surface area contributed by atoms with E-state index >= 15 is 0 Å². The number of hydrogen-bond donors (Lipinski definition) is 2. The number of anilines is 2. The molecule has 1 atom stereocenters. The summed E-state index contributed by atoms with van der Waals surface area (Å²) < 4.78 is 38.6. The topological polar surface area (TPSA) is 35.5 Å². The number of halogens is 4. The van der Waals surface area contributed by atoms with E-state index in [1.165, 1.54) is 4.90 Å². The van der Waals surface area contributed by atoms with Crippen molar-refractivity contribution >= 4 is 33.6 Å². The molecule has 0 bridgehead atoms. The van der Waals surface area contributed by atoms with Crippen LogP contribution in [-0.2, 0) is 0 Å². The molecule has 7 heteroatoms. The molecule has 3 nitrogen and oxygen atoms in total. The SMILES string of the molecule is CC1=c2c(ccc3c2=C(Cl)C=CN3)N(CC(F)(F)F)C1CO. The molecule has 0 saturated heterocycles. The van der Waals surface area contributed by atoms with Crippen molar-refractivity contribution in [3.8, 4) is 0 Å². The van der Waals surface area contributed by atoms with E-state index in [2.05, 4.69) is 5.32 Å². The van der Waals surface area contributed by atoms with Gasteiger partial charge in [-0.25, -0.2) is 0 Å². The van der Waals surface area contributed by atoms with Crippen LogP contribution >= 0.6 is 11.6 Å². The van der Waals surface area contributed by atoms with Gasteiger partial charge in [0.15, 0.2) is 0 Å². The summed E-state index contributed by atoms with van der Waals surface area (Å²) in [5, 5.41) is 14.4. The highest BCUT2D eigenvalue weighted by molar-refractivity contribution is 6.47. The van der Waals surface area contributed by atoms with Gasteiger partial charge in [0.05, 0.1) is 17.7 Å². The Morgan fingerprint density at radius 1 is 1.32 bits per heavy atom. The summed E-state index contributed by atoms with van der Waals surface area (Å²) in [6, 6.07) is 2.64. The third-order valence-corrected chi connectivity index (χ3v) is 4.31. The minimum absolute atomic E-state index is 0.383. The summed E-state index contributed by atoms with van der Waals surface area (Å²) in [6.07, 6.45) is -1.01. The average Bonchev–Trinajstić information content (AvgIpc) is 2.69. The van der Waals surface area contributed by atoms with Crippen molar-refractivity contribution in [3.05, 3.63) is 34.8 Å². The Morgan fingerprint density at radius 2 is 2.05 bits per heavy atom. The van der Waals surface area contributed by atoms with Gasteiger partial charge in [-0.2, -0.15) is 13.2 Å². The Labute approximate surface area is 130 Å². The summed E-state index contributed by atoms with van der Waals surface area (Å²) in [4.78, 5) is 1.19. The molecule has 0 aliphatic carbocycles. The molecule has 0 spiro atoms. The van der Waals surface area contributed by atoms with Crippen molar-refractivity contribution < 1.29 is 18.3 Å². The predicted molar refractivity (Wildman–Crippen MR) is 81.1 cm³/mol. The number of fused-ring (bicyclic) bond motifs is 3. The van der Waals surface area contributed by atoms with Gasteiger partial charge in [0.1, 0.15) is 6.54 Å². The highest BCUT2D eigenvalue weighted by Gasteiger charge is 2.38. The molecule has 0 saturated carbocycles. The number of allylic oxidation sites excluding steroid dienone is 1. The lowest BCUT2D eigenvalue weighted by molar-refractivity contribution is -0.120. The Balaban J connectivity index is 2.28. The number of benzene rings is 1. The summed E-state index contributed by atoms with van der Waals surface area (Å²) in [6.45, 7) is 0.243. The number of hydrogen-bond acceptors (Lipinski definition) is 3. The van der Waals surface area contributed by atoms with Crippen LogP contribution in [0.4, 0.5) is 24.5 Å². The molecule has 2 N–H and O–H groups in total. The zero-order valence-electron chi connectivity index (χ0n) is 11.7. The maximum absolute atomic E-state index is 12.9. The van der Waals surface area contributed by atoms with Crippen molar-refractivity contribution in [2.24, 2.45) is 0 Å². The van der Waals surface area contributed by atoms with Crippen molar-refractivity contribution in [1.29, 1.82) is 0 Å². The third kappa shape index (κ3) is 2.36. The highest BCUT2D eigenvalue weighted by Crippen LogP contribution is 2.29. The molecule has 3 rings (SSSR count). The fourth-order valence-electron chi connectivity index (χ4n) is 3.08. The lowest BCUT2D eigenvalue weighted by Gasteiger charge is -2.29. The second-order valence-corrected chi connectivity index (χ2v) is 5.74. The Bertz CT molecular complexity index is 770. The van der Waals surface area contributed by atoms with Crippen LogP contribution in [-0.4, -0.2) is 30.5 Å². The van der Waals surface area contributed by atoms with Crippen LogP contribution in [0.5, 0.6) is 0 Å². The first-order valence-electron chi connectivity index (χ1n) is 6.74. The van der Waals surface area contributed by atoms with E-state index in [0.29, 0.717) is 26.7 Å². The molecule has 22 heavy (non-hydrogen) atoms. The normalized spacial score (nSPS) is 20.1. The third-order valence-electron chi connectivity index (χ3n) is 3.99. The van der Waals surface area contributed by atoms with E-state index in [4.69, 9.17) is 11.6 Å². The quantitative estimate of drug-likeness (QED) is 0.869. The van der Waals surface area contributed by atoms with Gasteiger partial charge in [0, 0.05) is 28.0 Å².